The van der Waals surface area contributed by atoms with Crippen LogP contribution in [-0.4, -0.2) is 16.7 Å². The molecule has 0 aliphatic rings. The minimum atomic E-state index is -0.340. The van der Waals surface area contributed by atoms with Gasteiger partial charge in [0.15, 0.2) is 0 Å². The van der Waals surface area contributed by atoms with E-state index in [1.54, 1.807) is 61.7 Å². The van der Waals surface area contributed by atoms with Gasteiger partial charge in [-0.1, -0.05) is 12.1 Å². The Hall–Kier alpha value is -3.47. The average Bonchev–Trinajstić information content (AvgIpc) is 2.69. The molecule has 0 radical (unpaired) electrons. The quantitative estimate of drug-likeness (QED) is 0.558. The highest BCUT2D eigenvalue weighted by molar-refractivity contribution is 5.80. The van der Waals surface area contributed by atoms with Gasteiger partial charge in [0.2, 0.25) is 0 Å². The summed E-state index contributed by atoms with van der Waals surface area (Å²) in [5, 5.41) is 0.522. The lowest BCUT2D eigenvalue weighted by molar-refractivity contribution is 0.414. The Morgan fingerprint density at radius 2 is 1.62 bits per heavy atom. The van der Waals surface area contributed by atoms with Crippen molar-refractivity contribution in [2.75, 3.05) is 7.11 Å². The van der Waals surface area contributed by atoms with Gasteiger partial charge in [0.1, 0.15) is 17.4 Å². The molecule has 4 aromatic rings. The van der Waals surface area contributed by atoms with Gasteiger partial charge >= 0.3 is 0 Å². The summed E-state index contributed by atoms with van der Waals surface area (Å²) >= 11 is 0. The highest BCUT2D eigenvalue weighted by Crippen LogP contribution is 2.23. The zero-order chi connectivity index (χ0) is 18.1. The number of ether oxygens (including phenoxy) is 1. The Bertz CT molecular complexity index is 1130. The smallest absolute Gasteiger partial charge is 0.266 e. The molecule has 0 N–H and O–H groups in total. The van der Waals surface area contributed by atoms with Crippen LogP contribution in [0.25, 0.3) is 28.0 Å². The lowest BCUT2D eigenvalue weighted by Gasteiger charge is -2.14. The minimum absolute atomic E-state index is 0.180. The lowest BCUT2D eigenvalue weighted by atomic mass is 10.1. The summed E-state index contributed by atoms with van der Waals surface area (Å²) < 4.78 is 20.1. The van der Waals surface area contributed by atoms with E-state index in [0.717, 1.165) is 0 Å². The Morgan fingerprint density at radius 3 is 2.31 bits per heavy atom. The molecule has 0 spiro atoms. The van der Waals surface area contributed by atoms with Crippen molar-refractivity contribution in [1.29, 1.82) is 0 Å². The van der Waals surface area contributed by atoms with Crippen molar-refractivity contribution in [3.8, 4) is 22.8 Å². The first-order valence-corrected chi connectivity index (χ1v) is 8.09. The third-order valence-corrected chi connectivity index (χ3v) is 4.21. The van der Waals surface area contributed by atoms with E-state index in [4.69, 9.17) is 4.74 Å². The van der Waals surface area contributed by atoms with Crippen molar-refractivity contribution in [1.82, 2.24) is 9.55 Å². The molecule has 1 aromatic heterocycles. The summed E-state index contributed by atoms with van der Waals surface area (Å²) in [4.78, 5) is 17.8. The summed E-state index contributed by atoms with van der Waals surface area (Å²) in [5.41, 5.74) is 1.74. The van der Waals surface area contributed by atoms with Gasteiger partial charge in [0.25, 0.3) is 5.56 Å². The zero-order valence-electron chi connectivity index (χ0n) is 14.0. The molecular weight excluding hydrogens is 331 g/mol. The van der Waals surface area contributed by atoms with Crippen molar-refractivity contribution >= 4 is 10.9 Å². The predicted molar refractivity (Wildman–Crippen MR) is 99.3 cm³/mol. The van der Waals surface area contributed by atoms with E-state index in [2.05, 4.69) is 4.98 Å². The molecule has 4 nitrogen and oxygen atoms in total. The van der Waals surface area contributed by atoms with Crippen molar-refractivity contribution < 1.29 is 9.13 Å². The van der Waals surface area contributed by atoms with Crippen molar-refractivity contribution in [2.24, 2.45) is 0 Å². The first kappa shape index (κ1) is 16.0. The number of hydrogen-bond acceptors (Lipinski definition) is 3. The van der Waals surface area contributed by atoms with Crippen LogP contribution in [0.2, 0.25) is 0 Å². The van der Waals surface area contributed by atoms with E-state index in [9.17, 15) is 9.18 Å². The standard InChI is InChI=1S/C21H15FN2O2/c1-26-17-12-10-16(11-13-17)24-20(14-6-8-15(22)9-7-14)23-19-5-3-2-4-18(19)21(24)25/h2-13H,1H3. The van der Waals surface area contributed by atoms with Gasteiger partial charge in [-0.3, -0.25) is 9.36 Å². The highest BCUT2D eigenvalue weighted by Gasteiger charge is 2.14. The van der Waals surface area contributed by atoms with Gasteiger partial charge in [-0.25, -0.2) is 9.37 Å². The molecule has 4 rings (SSSR count). The highest BCUT2D eigenvalue weighted by atomic mass is 19.1. The van der Waals surface area contributed by atoms with Crippen LogP contribution in [0.1, 0.15) is 0 Å². The number of halogens is 1. The first-order chi connectivity index (χ1) is 12.7. The van der Waals surface area contributed by atoms with Crippen molar-refractivity contribution in [3.05, 3.63) is 89.0 Å². The maximum absolute atomic E-state index is 13.3. The minimum Gasteiger partial charge on any atom is -0.497 e. The Balaban J connectivity index is 2.04. The van der Waals surface area contributed by atoms with Crippen LogP contribution in [0.4, 0.5) is 4.39 Å². The number of aromatic nitrogens is 2. The zero-order valence-corrected chi connectivity index (χ0v) is 14.0. The average molecular weight is 346 g/mol. The normalized spacial score (nSPS) is 10.8. The second kappa shape index (κ2) is 6.44. The fraction of sp³-hybridized carbons (Fsp3) is 0.0476. The Morgan fingerprint density at radius 1 is 0.923 bits per heavy atom. The van der Waals surface area contributed by atoms with E-state index in [1.807, 2.05) is 6.07 Å². The molecular formula is C21H15FN2O2. The molecule has 128 valence electrons. The summed E-state index contributed by atoms with van der Waals surface area (Å²) in [7, 11) is 1.59. The van der Waals surface area contributed by atoms with Gasteiger partial charge in [0, 0.05) is 5.56 Å². The van der Waals surface area contributed by atoms with Crippen LogP contribution < -0.4 is 10.3 Å². The number of nitrogens with zero attached hydrogens (tertiary/aromatic N) is 2. The summed E-state index contributed by atoms with van der Waals surface area (Å²) in [6.45, 7) is 0. The van der Waals surface area contributed by atoms with Crippen LogP contribution in [0.5, 0.6) is 5.75 Å². The van der Waals surface area contributed by atoms with Crippen molar-refractivity contribution in [2.45, 2.75) is 0 Å². The molecule has 0 aliphatic heterocycles. The molecule has 0 saturated carbocycles. The topological polar surface area (TPSA) is 44.1 Å². The Labute approximate surface area is 149 Å². The molecule has 0 fully saturated rings. The second-order valence-electron chi connectivity index (χ2n) is 5.80. The van der Waals surface area contributed by atoms with Gasteiger partial charge < -0.3 is 4.74 Å². The molecule has 5 heteroatoms. The number of rotatable bonds is 3. The van der Waals surface area contributed by atoms with E-state index in [-0.39, 0.29) is 11.4 Å². The first-order valence-electron chi connectivity index (χ1n) is 8.09. The Kier molecular flexibility index (Phi) is 3.97. The number of benzene rings is 3. The van der Waals surface area contributed by atoms with E-state index >= 15 is 0 Å². The predicted octanol–water partition coefficient (Wildman–Crippen LogP) is 4.20. The van der Waals surface area contributed by atoms with E-state index < -0.39 is 0 Å². The number of methoxy groups -OCH3 is 1. The largest absolute Gasteiger partial charge is 0.497 e. The molecule has 0 atom stereocenters. The fourth-order valence-corrected chi connectivity index (χ4v) is 2.90. The second-order valence-corrected chi connectivity index (χ2v) is 5.80. The van der Waals surface area contributed by atoms with Crippen LogP contribution in [0, 0.1) is 5.82 Å². The monoisotopic (exact) mass is 346 g/mol. The van der Waals surface area contributed by atoms with E-state index in [1.165, 1.54) is 16.7 Å². The molecule has 0 amide bonds. The maximum Gasteiger partial charge on any atom is 0.266 e. The van der Waals surface area contributed by atoms with Gasteiger partial charge in [-0.2, -0.15) is 0 Å². The molecule has 0 aliphatic carbocycles. The molecule has 1 heterocycles. The number of hydrogen-bond donors (Lipinski definition) is 0. The van der Waals surface area contributed by atoms with Gasteiger partial charge in [0.05, 0.1) is 23.7 Å². The van der Waals surface area contributed by atoms with Crippen molar-refractivity contribution in [3.63, 3.8) is 0 Å². The maximum atomic E-state index is 13.3. The van der Waals surface area contributed by atoms with Crippen LogP contribution in [0.15, 0.2) is 77.6 Å². The third kappa shape index (κ3) is 2.73. The van der Waals surface area contributed by atoms with Crippen LogP contribution in [-0.2, 0) is 0 Å². The summed E-state index contributed by atoms with van der Waals surface area (Å²) in [5.74, 6) is 0.811. The fourth-order valence-electron chi connectivity index (χ4n) is 2.90. The van der Waals surface area contributed by atoms with Gasteiger partial charge in [-0.15, -0.1) is 0 Å². The molecule has 0 bridgehead atoms. The summed E-state index contributed by atoms with van der Waals surface area (Å²) in [6, 6.07) is 20.3. The lowest BCUT2D eigenvalue weighted by Crippen LogP contribution is -2.21. The summed E-state index contributed by atoms with van der Waals surface area (Å²) in [6.07, 6.45) is 0. The molecule has 0 unspecified atom stereocenters. The number of fused-ring (bicyclic) bond motifs is 1. The molecule has 26 heavy (non-hydrogen) atoms. The van der Waals surface area contributed by atoms with Crippen LogP contribution in [0.3, 0.4) is 0 Å². The van der Waals surface area contributed by atoms with Gasteiger partial charge in [-0.05, 0) is 60.7 Å². The number of para-hydroxylation sites is 1. The van der Waals surface area contributed by atoms with Crippen LogP contribution >= 0.6 is 0 Å². The third-order valence-electron chi connectivity index (χ3n) is 4.21. The van der Waals surface area contributed by atoms with E-state index in [0.29, 0.717) is 33.7 Å². The molecule has 3 aromatic carbocycles. The SMILES string of the molecule is COc1ccc(-n2c(-c3ccc(F)cc3)nc3ccccc3c2=O)cc1. The molecule has 0 saturated heterocycles.